The number of hydrogen-bond acceptors (Lipinski definition) is 2. The lowest BCUT2D eigenvalue weighted by molar-refractivity contribution is 0.168. The van der Waals surface area contributed by atoms with Gasteiger partial charge in [0.05, 0.1) is 0 Å². The number of rotatable bonds is 5. The SMILES string of the molecule is CCN1CCC(CNC(=O)N2CCC(c3cn(-c4ccc(Cl)cc4)c4c3=CC=CCC=4)CC2)CC1. The molecule has 2 aromatic rings. The molecule has 3 aliphatic rings. The van der Waals surface area contributed by atoms with Crippen LogP contribution in [0.2, 0.25) is 5.02 Å². The summed E-state index contributed by atoms with van der Waals surface area (Å²) in [6.07, 6.45) is 16.5. The molecule has 0 bridgehead atoms. The van der Waals surface area contributed by atoms with E-state index in [9.17, 15) is 4.79 Å². The molecule has 2 saturated heterocycles. The maximum Gasteiger partial charge on any atom is 0.317 e. The van der Waals surface area contributed by atoms with Crippen molar-refractivity contribution < 1.29 is 4.79 Å². The van der Waals surface area contributed by atoms with E-state index in [-0.39, 0.29) is 6.03 Å². The number of likely N-dealkylation sites (tertiary alicyclic amines) is 2. The first-order chi connectivity index (χ1) is 17.1. The summed E-state index contributed by atoms with van der Waals surface area (Å²) >= 11 is 6.14. The predicted octanol–water partition coefficient (Wildman–Crippen LogP) is 4.27. The lowest BCUT2D eigenvalue weighted by Gasteiger charge is -2.34. The van der Waals surface area contributed by atoms with E-state index >= 15 is 0 Å². The van der Waals surface area contributed by atoms with Crippen LogP contribution in [0, 0.1) is 5.92 Å². The second-order valence-electron chi connectivity index (χ2n) is 10.1. The van der Waals surface area contributed by atoms with Crippen molar-refractivity contribution in [2.24, 2.45) is 5.92 Å². The van der Waals surface area contributed by atoms with Crippen LogP contribution in [0.25, 0.3) is 17.8 Å². The minimum absolute atomic E-state index is 0.113. The Hall–Kier alpha value is -2.50. The molecule has 2 fully saturated rings. The van der Waals surface area contributed by atoms with Gasteiger partial charge in [-0.05, 0) is 93.4 Å². The molecule has 0 atom stereocenters. The molecule has 2 amide bonds. The van der Waals surface area contributed by atoms with E-state index in [1.165, 1.54) is 29.0 Å². The molecule has 0 saturated carbocycles. The number of hydrogen-bond donors (Lipinski definition) is 1. The number of aromatic nitrogens is 1. The molecule has 1 aromatic heterocycles. The van der Waals surface area contributed by atoms with Gasteiger partial charge in [-0.3, -0.25) is 0 Å². The Morgan fingerprint density at radius 3 is 2.51 bits per heavy atom. The summed E-state index contributed by atoms with van der Waals surface area (Å²) in [4.78, 5) is 17.4. The van der Waals surface area contributed by atoms with Crippen molar-refractivity contribution in [2.45, 2.75) is 44.9 Å². The Labute approximate surface area is 213 Å². The molecular formula is C29H37ClN4O. The number of nitrogens with zero attached hydrogens (tertiary/aromatic N) is 3. The molecule has 0 unspecified atom stereocenters. The van der Waals surface area contributed by atoms with Crippen molar-refractivity contribution in [1.29, 1.82) is 0 Å². The van der Waals surface area contributed by atoms with Gasteiger partial charge in [0.15, 0.2) is 0 Å². The Balaban J connectivity index is 1.24. The summed E-state index contributed by atoms with van der Waals surface area (Å²) in [6, 6.07) is 8.18. The van der Waals surface area contributed by atoms with Crippen LogP contribution in [-0.4, -0.2) is 59.7 Å². The minimum atomic E-state index is 0.113. The van der Waals surface area contributed by atoms with E-state index < -0.39 is 0 Å². The highest BCUT2D eigenvalue weighted by atomic mass is 35.5. The largest absolute Gasteiger partial charge is 0.338 e. The number of allylic oxidation sites excluding steroid dienone is 2. The molecule has 5 nitrogen and oxygen atoms in total. The first-order valence-electron chi connectivity index (χ1n) is 13.2. The van der Waals surface area contributed by atoms with Crippen molar-refractivity contribution in [3.05, 3.63) is 63.8 Å². The highest BCUT2D eigenvalue weighted by molar-refractivity contribution is 6.30. The zero-order valence-corrected chi connectivity index (χ0v) is 21.5. The lowest BCUT2D eigenvalue weighted by atomic mass is 9.90. The molecule has 6 heteroatoms. The number of nitrogens with one attached hydrogen (secondary N) is 1. The third-order valence-corrected chi connectivity index (χ3v) is 8.24. The van der Waals surface area contributed by atoms with E-state index in [0.717, 1.165) is 69.2 Å². The summed E-state index contributed by atoms with van der Waals surface area (Å²) in [5.74, 6) is 1.07. The van der Waals surface area contributed by atoms with Crippen LogP contribution in [0.5, 0.6) is 0 Å². The van der Waals surface area contributed by atoms with E-state index in [4.69, 9.17) is 11.6 Å². The van der Waals surface area contributed by atoms with Gasteiger partial charge in [-0.15, -0.1) is 0 Å². The number of halogens is 1. The molecule has 1 aliphatic carbocycles. The van der Waals surface area contributed by atoms with Crippen LogP contribution in [-0.2, 0) is 0 Å². The average molecular weight is 493 g/mol. The van der Waals surface area contributed by atoms with Crippen molar-refractivity contribution in [1.82, 2.24) is 19.7 Å². The Kier molecular flexibility index (Phi) is 7.64. The highest BCUT2D eigenvalue weighted by Gasteiger charge is 2.27. The molecule has 35 heavy (non-hydrogen) atoms. The van der Waals surface area contributed by atoms with Gasteiger partial charge in [-0.25, -0.2) is 4.79 Å². The second-order valence-corrected chi connectivity index (χ2v) is 10.5. The average Bonchev–Trinajstić information content (AvgIpc) is 3.08. The van der Waals surface area contributed by atoms with Gasteiger partial charge >= 0.3 is 6.03 Å². The Morgan fingerprint density at radius 1 is 1.06 bits per heavy atom. The molecule has 5 rings (SSSR count). The molecule has 0 radical (unpaired) electrons. The smallest absolute Gasteiger partial charge is 0.317 e. The normalized spacial score (nSPS) is 19.5. The fourth-order valence-corrected chi connectivity index (χ4v) is 5.88. The number of piperidine rings is 2. The fraction of sp³-hybridized carbons (Fsp3) is 0.483. The van der Waals surface area contributed by atoms with Gasteiger partial charge in [-0.2, -0.15) is 0 Å². The van der Waals surface area contributed by atoms with Gasteiger partial charge in [0.25, 0.3) is 0 Å². The molecule has 2 aliphatic heterocycles. The maximum absolute atomic E-state index is 12.9. The number of fused-ring (bicyclic) bond motifs is 1. The van der Waals surface area contributed by atoms with Crippen molar-refractivity contribution in [3.63, 3.8) is 0 Å². The summed E-state index contributed by atoms with van der Waals surface area (Å²) in [5, 5.41) is 6.55. The summed E-state index contributed by atoms with van der Waals surface area (Å²) in [7, 11) is 0. The quantitative estimate of drug-likeness (QED) is 0.677. The zero-order chi connectivity index (χ0) is 24.2. The molecule has 186 valence electrons. The molecular weight excluding hydrogens is 456 g/mol. The Bertz CT molecular complexity index is 1170. The van der Waals surface area contributed by atoms with Gasteiger partial charge in [0.2, 0.25) is 0 Å². The number of amides is 2. The predicted molar refractivity (Wildman–Crippen MR) is 145 cm³/mol. The van der Waals surface area contributed by atoms with Crippen molar-refractivity contribution in [2.75, 3.05) is 39.3 Å². The minimum Gasteiger partial charge on any atom is -0.338 e. The molecule has 3 heterocycles. The summed E-state index contributed by atoms with van der Waals surface area (Å²) in [6.45, 7) is 8.11. The van der Waals surface area contributed by atoms with Gasteiger partial charge in [0, 0.05) is 47.1 Å². The standard InChI is InChI=1S/C29H37ClN4O/c1-2-32-16-12-22(13-17-32)20-31-29(35)33-18-14-23(15-19-33)27-21-34(25-10-8-24(30)9-11-25)28-7-5-3-4-6-26(27)28/h3-4,6-11,21-23H,2,5,12-20H2,1H3,(H,31,35). The number of urea groups is 1. The van der Waals surface area contributed by atoms with E-state index in [1.54, 1.807) is 0 Å². The lowest BCUT2D eigenvalue weighted by Crippen LogP contribution is -2.46. The van der Waals surface area contributed by atoms with Crippen LogP contribution in [0.1, 0.15) is 50.5 Å². The van der Waals surface area contributed by atoms with E-state index in [1.807, 2.05) is 17.0 Å². The van der Waals surface area contributed by atoms with Crippen LogP contribution >= 0.6 is 11.6 Å². The van der Waals surface area contributed by atoms with Gasteiger partial charge < -0.3 is 19.7 Å². The van der Waals surface area contributed by atoms with E-state index in [0.29, 0.717) is 11.8 Å². The Morgan fingerprint density at radius 2 is 1.80 bits per heavy atom. The molecule has 1 aromatic carbocycles. The van der Waals surface area contributed by atoms with Crippen LogP contribution in [0.4, 0.5) is 4.79 Å². The first-order valence-corrected chi connectivity index (χ1v) is 13.6. The topological polar surface area (TPSA) is 40.5 Å². The van der Waals surface area contributed by atoms with Gasteiger partial charge in [0.1, 0.15) is 0 Å². The van der Waals surface area contributed by atoms with Crippen molar-refractivity contribution >= 4 is 29.8 Å². The number of benzene rings is 1. The summed E-state index contributed by atoms with van der Waals surface area (Å²) < 4.78 is 2.30. The van der Waals surface area contributed by atoms with Crippen LogP contribution in [0.3, 0.4) is 0 Å². The first kappa shape index (κ1) is 24.2. The van der Waals surface area contributed by atoms with Crippen molar-refractivity contribution in [3.8, 4) is 5.69 Å². The monoisotopic (exact) mass is 492 g/mol. The number of carbonyl (C=O) groups is 1. The molecule has 0 spiro atoms. The third-order valence-electron chi connectivity index (χ3n) is 7.98. The molecule has 1 N–H and O–H groups in total. The second kappa shape index (κ2) is 11.0. The van der Waals surface area contributed by atoms with Crippen LogP contribution in [0.15, 0.2) is 42.6 Å². The highest BCUT2D eigenvalue weighted by Crippen LogP contribution is 2.27. The number of carbonyl (C=O) groups excluding carboxylic acids is 1. The summed E-state index contributed by atoms with van der Waals surface area (Å²) in [5.41, 5.74) is 2.52. The maximum atomic E-state index is 12.9. The fourth-order valence-electron chi connectivity index (χ4n) is 5.75. The van der Waals surface area contributed by atoms with Crippen LogP contribution < -0.4 is 15.9 Å². The van der Waals surface area contributed by atoms with Gasteiger partial charge in [-0.1, -0.05) is 42.8 Å². The third kappa shape index (κ3) is 5.52. The zero-order valence-electron chi connectivity index (χ0n) is 20.8. The van der Waals surface area contributed by atoms with E-state index in [2.05, 4.69) is 64.3 Å².